The van der Waals surface area contributed by atoms with Crippen molar-refractivity contribution in [3.8, 4) is 0 Å². The maximum absolute atomic E-state index is 6.26. The number of hydrazine groups is 1. The topological polar surface area (TPSA) is 41.3 Å². The highest BCUT2D eigenvalue weighted by Crippen LogP contribution is 2.32. The molecule has 1 aliphatic heterocycles. The quantitative estimate of drug-likeness (QED) is 0.665. The van der Waals surface area contributed by atoms with Crippen molar-refractivity contribution in [2.24, 2.45) is 5.84 Å². The third-order valence-corrected chi connectivity index (χ3v) is 4.93. The summed E-state index contributed by atoms with van der Waals surface area (Å²) in [5.74, 6) is 7.93. The van der Waals surface area contributed by atoms with Gasteiger partial charge in [0.1, 0.15) is 0 Å². The number of thioether (sulfide) groups is 1. The summed E-state index contributed by atoms with van der Waals surface area (Å²) < 4.78 is 0. The van der Waals surface area contributed by atoms with E-state index in [9.17, 15) is 0 Å². The molecule has 100 valence electrons. The lowest BCUT2D eigenvalue weighted by molar-refractivity contribution is 0.216. The molecule has 1 heterocycles. The molecule has 0 amide bonds. The molecule has 18 heavy (non-hydrogen) atoms. The van der Waals surface area contributed by atoms with Gasteiger partial charge in [-0.1, -0.05) is 23.2 Å². The SMILES string of the molecule is CN1CCSCC1C(NN)c1cc(Cl)ccc1Cl. The smallest absolute Gasteiger partial charge is 0.0638 e. The van der Waals surface area contributed by atoms with Crippen molar-refractivity contribution in [2.75, 3.05) is 25.1 Å². The normalized spacial score (nSPS) is 23.0. The Morgan fingerprint density at radius 1 is 1.50 bits per heavy atom. The molecule has 0 aliphatic carbocycles. The Kier molecular flexibility index (Phi) is 5.18. The van der Waals surface area contributed by atoms with Crippen molar-refractivity contribution in [3.63, 3.8) is 0 Å². The van der Waals surface area contributed by atoms with Crippen LogP contribution >= 0.6 is 35.0 Å². The van der Waals surface area contributed by atoms with Crippen LogP contribution in [0.2, 0.25) is 10.0 Å². The van der Waals surface area contributed by atoms with Crippen LogP contribution in [0.3, 0.4) is 0 Å². The summed E-state index contributed by atoms with van der Waals surface area (Å²) >= 11 is 14.2. The Morgan fingerprint density at radius 2 is 2.28 bits per heavy atom. The first kappa shape index (κ1) is 14.4. The van der Waals surface area contributed by atoms with Gasteiger partial charge in [0.05, 0.1) is 6.04 Å². The zero-order valence-electron chi connectivity index (χ0n) is 10.2. The largest absolute Gasteiger partial charge is 0.300 e. The Bertz CT molecular complexity index is 416. The first-order valence-electron chi connectivity index (χ1n) is 5.82. The van der Waals surface area contributed by atoms with E-state index in [1.807, 2.05) is 23.9 Å². The van der Waals surface area contributed by atoms with Gasteiger partial charge in [-0.25, -0.2) is 0 Å². The van der Waals surface area contributed by atoms with E-state index in [1.54, 1.807) is 6.07 Å². The molecule has 0 spiro atoms. The van der Waals surface area contributed by atoms with Crippen molar-refractivity contribution in [1.29, 1.82) is 0 Å². The van der Waals surface area contributed by atoms with Crippen LogP contribution in [0, 0.1) is 0 Å². The maximum atomic E-state index is 6.26. The lowest BCUT2D eigenvalue weighted by Crippen LogP contribution is -2.49. The number of benzene rings is 1. The summed E-state index contributed by atoms with van der Waals surface area (Å²) in [6.45, 7) is 1.06. The van der Waals surface area contributed by atoms with Crippen molar-refractivity contribution >= 4 is 35.0 Å². The van der Waals surface area contributed by atoms with Crippen molar-refractivity contribution in [2.45, 2.75) is 12.1 Å². The molecule has 3 N–H and O–H groups in total. The zero-order valence-corrected chi connectivity index (χ0v) is 12.5. The summed E-state index contributed by atoms with van der Waals surface area (Å²) in [7, 11) is 2.12. The highest BCUT2D eigenvalue weighted by molar-refractivity contribution is 7.99. The minimum atomic E-state index is -0.00556. The minimum absolute atomic E-state index is 0.00556. The number of hydrogen-bond donors (Lipinski definition) is 2. The molecule has 2 unspecified atom stereocenters. The summed E-state index contributed by atoms with van der Waals surface area (Å²) in [4.78, 5) is 2.32. The van der Waals surface area contributed by atoms with E-state index in [4.69, 9.17) is 29.0 Å². The Balaban J connectivity index is 2.29. The van der Waals surface area contributed by atoms with Gasteiger partial charge in [-0.2, -0.15) is 11.8 Å². The highest BCUT2D eigenvalue weighted by Gasteiger charge is 2.29. The third kappa shape index (κ3) is 3.13. The molecule has 0 radical (unpaired) electrons. The monoisotopic (exact) mass is 305 g/mol. The number of halogens is 2. The molecule has 2 rings (SSSR count). The number of nitrogens with one attached hydrogen (secondary N) is 1. The summed E-state index contributed by atoms with van der Waals surface area (Å²) in [5, 5.41) is 1.38. The van der Waals surface area contributed by atoms with Crippen molar-refractivity contribution in [3.05, 3.63) is 33.8 Å². The van der Waals surface area contributed by atoms with E-state index in [1.165, 1.54) is 0 Å². The van der Waals surface area contributed by atoms with Gasteiger partial charge >= 0.3 is 0 Å². The number of likely N-dealkylation sites (N-methyl/N-ethyl adjacent to an activating group) is 1. The van der Waals surface area contributed by atoms with Gasteiger partial charge in [0, 0.05) is 34.1 Å². The minimum Gasteiger partial charge on any atom is -0.300 e. The summed E-state index contributed by atoms with van der Waals surface area (Å²) in [6, 6.07) is 5.82. The van der Waals surface area contributed by atoms with Crippen LogP contribution in [0.5, 0.6) is 0 Å². The van der Waals surface area contributed by atoms with E-state index >= 15 is 0 Å². The number of nitrogens with two attached hydrogens (primary N) is 1. The lowest BCUT2D eigenvalue weighted by Gasteiger charge is -2.37. The third-order valence-electron chi connectivity index (χ3n) is 3.30. The standard InChI is InChI=1S/C12H17Cl2N3S/c1-17-4-5-18-7-11(17)12(16-15)9-6-8(13)2-3-10(9)14/h2-3,6,11-12,16H,4-5,7,15H2,1H3. The second kappa shape index (κ2) is 6.46. The van der Waals surface area contributed by atoms with E-state index < -0.39 is 0 Å². The fourth-order valence-corrected chi connectivity index (χ4v) is 3.91. The van der Waals surface area contributed by atoms with Gasteiger partial charge in [-0.15, -0.1) is 0 Å². The molecule has 1 aromatic carbocycles. The van der Waals surface area contributed by atoms with Gasteiger partial charge in [-0.05, 0) is 30.8 Å². The molecular weight excluding hydrogens is 289 g/mol. The molecule has 1 saturated heterocycles. The highest BCUT2D eigenvalue weighted by atomic mass is 35.5. The van der Waals surface area contributed by atoms with Crippen LogP contribution in [0.1, 0.15) is 11.6 Å². The Morgan fingerprint density at radius 3 is 2.94 bits per heavy atom. The molecule has 1 aromatic rings. The van der Waals surface area contributed by atoms with E-state index in [-0.39, 0.29) is 6.04 Å². The molecule has 1 fully saturated rings. The van der Waals surface area contributed by atoms with Gasteiger partial charge in [0.2, 0.25) is 0 Å². The van der Waals surface area contributed by atoms with Gasteiger partial charge in [0.15, 0.2) is 0 Å². The van der Waals surface area contributed by atoms with Crippen molar-refractivity contribution < 1.29 is 0 Å². The molecule has 3 nitrogen and oxygen atoms in total. The first-order valence-corrected chi connectivity index (χ1v) is 7.73. The first-order chi connectivity index (χ1) is 8.63. The average molecular weight is 306 g/mol. The van der Waals surface area contributed by atoms with E-state index in [0.717, 1.165) is 23.6 Å². The number of nitrogens with zero attached hydrogens (tertiary/aromatic N) is 1. The van der Waals surface area contributed by atoms with Crippen molar-refractivity contribution in [1.82, 2.24) is 10.3 Å². The maximum Gasteiger partial charge on any atom is 0.0638 e. The van der Waals surface area contributed by atoms with Crippen LogP contribution in [0.15, 0.2) is 18.2 Å². The van der Waals surface area contributed by atoms with Gasteiger partial charge in [0.25, 0.3) is 0 Å². The predicted molar refractivity (Wildman–Crippen MR) is 80.3 cm³/mol. The predicted octanol–water partition coefficient (Wildman–Crippen LogP) is 2.55. The fourth-order valence-electron chi connectivity index (χ4n) is 2.22. The van der Waals surface area contributed by atoms with Crippen LogP contribution < -0.4 is 11.3 Å². The zero-order chi connectivity index (χ0) is 13.1. The summed E-state index contributed by atoms with van der Waals surface area (Å²) in [5.41, 5.74) is 3.85. The average Bonchev–Trinajstić information content (AvgIpc) is 2.36. The lowest BCUT2D eigenvalue weighted by atomic mass is 9.99. The Labute approximate surface area is 122 Å². The molecule has 0 bridgehead atoms. The van der Waals surface area contributed by atoms with E-state index in [2.05, 4.69) is 17.4 Å². The number of hydrogen-bond acceptors (Lipinski definition) is 4. The molecular formula is C12H17Cl2N3S. The Hall–Kier alpha value is 0.0300. The molecule has 6 heteroatoms. The molecule has 0 aromatic heterocycles. The van der Waals surface area contributed by atoms with E-state index in [0.29, 0.717) is 16.1 Å². The van der Waals surface area contributed by atoms with Gasteiger partial charge in [-0.3, -0.25) is 16.2 Å². The molecule has 2 atom stereocenters. The van der Waals surface area contributed by atoms with Crippen LogP contribution in [-0.4, -0.2) is 36.0 Å². The van der Waals surface area contributed by atoms with Gasteiger partial charge < -0.3 is 0 Å². The summed E-state index contributed by atoms with van der Waals surface area (Å²) in [6.07, 6.45) is 0. The molecule has 0 saturated carbocycles. The molecule has 1 aliphatic rings. The second-order valence-electron chi connectivity index (χ2n) is 4.43. The van der Waals surface area contributed by atoms with Crippen LogP contribution in [0.25, 0.3) is 0 Å². The second-order valence-corrected chi connectivity index (χ2v) is 6.43. The van der Waals surface area contributed by atoms with Crippen LogP contribution in [-0.2, 0) is 0 Å². The fraction of sp³-hybridized carbons (Fsp3) is 0.500. The van der Waals surface area contributed by atoms with Crippen LogP contribution in [0.4, 0.5) is 0 Å². The number of rotatable bonds is 3.